The summed E-state index contributed by atoms with van der Waals surface area (Å²) < 4.78 is 36.5. The van der Waals surface area contributed by atoms with Gasteiger partial charge in [0.1, 0.15) is 0 Å². The number of carboxylic acids is 1. The van der Waals surface area contributed by atoms with Crippen LogP contribution in [0.1, 0.15) is 34.2 Å². The van der Waals surface area contributed by atoms with Crippen LogP contribution in [0.3, 0.4) is 0 Å². The van der Waals surface area contributed by atoms with E-state index in [1.54, 1.807) is 23.7 Å². The van der Waals surface area contributed by atoms with E-state index in [0.717, 1.165) is 17.9 Å². The van der Waals surface area contributed by atoms with E-state index in [0.29, 0.717) is 0 Å². The number of allylic oxidation sites excluding steroid dienone is 1. The Morgan fingerprint density at radius 3 is 2.28 bits per heavy atom. The Bertz CT molecular complexity index is 1120. The van der Waals surface area contributed by atoms with Gasteiger partial charge in [0.25, 0.3) is 0 Å². The van der Waals surface area contributed by atoms with Crippen LogP contribution in [0.2, 0.25) is 5.02 Å². The number of rotatable bonds is 0. The summed E-state index contributed by atoms with van der Waals surface area (Å²) in [6.45, 7) is 1.99. The molecule has 2 aliphatic carbocycles. The summed E-state index contributed by atoms with van der Waals surface area (Å²) in [5.41, 5.74) is 9.76. The van der Waals surface area contributed by atoms with E-state index in [2.05, 4.69) is 36.4 Å². The molecule has 0 spiro atoms. The van der Waals surface area contributed by atoms with Crippen LogP contribution in [-0.2, 0) is 24.1 Å². The number of halogens is 4. The average molecular weight is 463 g/mol. The number of carboxylic acid groups (broad SMARTS) is 1. The van der Waals surface area contributed by atoms with Gasteiger partial charge < -0.3 is 9.52 Å². The van der Waals surface area contributed by atoms with Crippen LogP contribution in [0.25, 0.3) is 17.2 Å². The van der Waals surface area contributed by atoms with E-state index in [-0.39, 0.29) is 0 Å². The maximum atomic E-state index is 10.6. The molecule has 5 rings (SSSR count). The summed E-state index contributed by atoms with van der Waals surface area (Å²) in [6, 6.07) is 12.7. The Hall–Kier alpha value is -2.99. The molecular formula is C25H22ClF3O3. The van der Waals surface area contributed by atoms with Crippen molar-refractivity contribution in [3.63, 3.8) is 0 Å². The Kier molecular flexibility index (Phi) is 7.46. The fourth-order valence-electron chi connectivity index (χ4n) is 3.79. The lowest BCUT2D eigenvalue weighted by atomic mass is 9.80. The maximum Gasteiger partial charge on any atom is 0.490 e. The maximum absolute atomic E-state index is 10.6. The smallest absolute Gasteiger partial charge is 0.475 e. The number of benzene rings is 2. The van der Waals surface area contributed by atoms with Gasteiger partial charge in [-0.15, -0.1) is 0 Å². The second-order valence-electron chi connectivity index (χ2n) is 7.47. The van der Waals surface area contributed by atoms with Gasteiger partial charge >= 0.3 is 12.1 Å². The minimum atomic E-state index is -5.08. The first kappa shape index (κ1) is 23.7. The Labute approximate surface area is 189 Å². The third-order valence-corrected chi connectivity index (χ3v) is 5.62. The SMILES string of the molecule is Cc1ccoc1.Clc1cccc2c1CCc1c-2ccc2c1CCC=C2.O=C(O)C(F)(F)F. The number of hydrogen-bond donors (Lipinski definition) is 1. The summed E-state index contributed by atoms with van der Waals surface area (Å²) in [5, 5.41) is 8.04. The van der Waals surface area contributed by atoms with Crippen molar-refractivity contribution in [3.8, 4) is 11.1 Å². The van der Waals surface area contributed by atoms with Crippen LogP contribution in [0.5, 0.6) is 0 Å². The van der Waals surface area contributed by atoms with E-state index in [9.17, 15) is 13.2 Å². The highest BCUT2D eigenvalue weighted by Gasteiger charge is 2.38. The molecule has 168 valence electrons. The molecule has 3 aromatic rings. The van der Waals surface area contributed by atoms with Crippen LogP contribution >= 0.6 is 11.6 Å². The first-order valence-electron chi connectivity index (χ1n) is 10.1. The zero-order valence-electron chi connectivity index (χ0n) is 17.4. The van der Waals surface area contributed by atoms with Gasteiger partial charge in [-0.2, -0.15) is 13.2 Å². The van der Waals surface area contributed by atoms with Crippen LogP contribution < -0.4 is 0 Å². The number of hydrogen-bond acceptors (Lipinski definition) is 2. The Morgan fingerprint density at radius 1 is 1.00 bits per heavy atom. The number of aliphatic carboxylic acids is 1. The van der Waals surface area contributed by atoms with E-state index in [4.69, 9.17) is 25.9 Å². The summed E-state index contributed by atoms with van der Waals surface area (Å²) in [6.07, 6.45) is 7.40. The van der Waals surface area contributed by atoms with Crippen LogP contribution in [-0.4, -0.2) is 17.3 Å². The molecule has 1 N–H and O–H groups in total. The van der Waals surface area contributed by atoms with Crippen molar-refractivity contribution < 1.29 is 27.5 Å². The zero-order chi connectivity index (χ0) is 23.3. The number of furan rings is 1. The molecular weight excluding hydrogens is 441 g/mol. The third-order valence-electron chi connectivity index (χ3n) is 5.27. The first-order chi connectivity index (χ1) is 15.2. The fraction of sp³-hybridized carbons (Fsp3) is 0.240. The molecule has 0 radical (unpaired) electrons. The van der Waals surface area contributed by atoms with E-state index >= 15 is 0 Å². The van der Waals surface area contributed by atoms with Gasteiger partial charge in [0, 0.05) is 5.02 Å². The van der Waals surface area contributed by atoms with Crippen molar-refractivity contribution in [2.45, 2.75) is 38.8 Å². The lowest BCUT2D eigenvalue weighted by Crippen LogP contribution is -2.21. The molecule has 32 heavy (non-hydrogen) atoms. The van der Waals surface area contributed by atoms with Gasteiger partial charge in [-0.25, -0.2) is 4.79 Å². The minimum absolute atomic E-state index is 0.917. The number of aryl methyl sites for hydroxylation is 1. The molecule has 1 heterocycles. The molecule has 0 aliphatic heterocycles. The molecule has 3 nitrogen and oxygen atoms in total. The summed E-state index contributed by atoms with van der Waals surface area (Å²) in [4.78, 5) is 8.90. The van der Waals surface area contributed by atoms with Gasteiger partial charge in [-0.1, -0.05) is 48.0 Å². The first-order valence-corrected chi connectivity index (χ1v) is 10.4. The zero-order valence-corrected chi connectivity index (χ0v) is 18.1. The quantitative estimate of drug-likeness (QED) is 0.381. The van der Waals surface area contributed by atoms with Crippen LogP contribution in [0, 0.1) is 6.92 Å². The topological polar surface area (TPSA) is 50.4 Å². The lowest BCUT2D eigenvalue weighted by Gasteiger charge is -2.25. The largest absolute Gasteiger partial charge is 0.490 e. The molecule has 2 aliphatic rings. The van der Waals surface area contributed by atoms with Gasteiger partial charge in [-0.3, -0.25) is 0 Å². The second-order valence-corrected chi connectivity index (χ2v) is 7.88. The normalized spacial score (nSPS) is 13.4. The van der Waals surface area contributed by atoms with Gasteiger partial charge in [0.05, 0.1) is 12.5 Å². The number of carbonyl (C=O) groups is 1. The highest BCUT2D eigenvalue weighted by Crippen LogP contribution is 2.40. The second kappa shape index (κ2) is 10.1. The Balaban J connectivity index is 0.000000184. The predicted octanol–water partition coefficient (Wildman–Crippen LogP) is 7.29. The highest BCUT2D eigenvalue weighted by molar-refractivity contribution is 6.31. The molecule has 0 fully saturated rings. The molecule has 0 amide bonds. The van der Waals surface area contributed by atoms with Gasteiger partial charge in [0.15, 0.2) is 0 Å². The van der Waals surface area contributed by atoms with Crippen molar-refractivity contribution in [3.05, 3.63) is 87.8 Å². The summed E-state index contributed by atoms with van der Waals surface area (Å²) >= 11 is 6.34. The van der Waals surface area contributed by atoms with Crippen molar-refractivity contribution >= 4 is 23.6 Å². The highest BCUT2D eigenvalue weighted by atomic mass is 35.5. The predicted molar refractivity (Wildman–Crippen MR) is 119 cm³/mol. The molecule has 0 atom stereocenters. The number of fused-ring (bicyclic) bond motifs is 5. The van der Waals surface area contributed by atoms with E-state index in [1.807, 2.05) is 19.1 Å². The minimum Gasteiger partial charge on any atom is -0.475 e. The van der Waals surface area contributed by atoms with E-state index in [1.165, 1.54) is 40.7 Å². The van der Waals surface area contributed by atoms with Crippen molar-refractivity contribution in [1.82, 2.24) is 0 Å². The van der Waals surface area contributed by atoms with Crippen molar-refractivity contribution in [1.29, 1.82) is 0 Å². The summed E-state index contributed by atoms with van der Waals surface area (Å²) in [7, 11) is 0. The molecule has 0 saturated carbocycles. The molecule has 0 saturated heterocycles. The monoisotopic (exact) mass is 462 g/mol. The van der Waals surface area contributed by atoms with Crippen molar-refractivity contribution in [2.24, 2.45) is 0 Å². The fourth-order valence-corrected chi connectivity index (χ4v) is 4.05. The van der Waals surface area contributed by atoms with Crippen molar-refractivity contribution in [2.75, 3.05) is 0 Å². The lowest BCUT2D eigenvalue weighted by molar-refractivity contribution is -0.192. The number of alkyl halides is 3. The molecule has 2 aromatic carbocycles. The average Bonchev–Trinajstić information content (AvgIpc) is 3.24. The molecule has 1 aromatic heterocycles. The molecule has 0 bridgehead atoms. The molecule has 0 unspecified atom stereocenters. The Morgan fingerprint density at radius 2 is 1.69 bits per heavy atom. The van der Waals surface area contributed by atoms with Gasteiger partial charge in [0.2, 0.25) is 0 Å². The van der Waals surface area contributed by atoms with Crippen LogP contribution in [0.4, 0.5) is 13.2 Å². The molecule has 7 heteroatoms. The van der Waals surface area contributed by atoms with Gasteiger partial charge in [-0.05, 0) is 83.7 Å². The summed E-state index contributed by atoms with van der Waals surface area (Å²) in [5.74, 6) is -2.76. The van der Waals surface area contributed by atoms with Crippen LogP contribution in [0.15, 0.2) is 59.4 Å². The third kappa shape index (κ3) is 5.62. The van der Waals surface area contributed by atoms with E-state index < -0.39 is 12.1 Å². The standard InChI is InChI=1S/C18H15Cl.C5H6O.C2HF3O2/c19-18-7-3-6-14-16-9-8-12-4-1-2-5-13(12)15(16)10-11-17(14)18;1-5-2-3-6-4-5;3-2(4,5)1(6)7/h1,3-4,6-9H,2,5,10-11H2;2-4H,1H3;(H,6,7).